The van der Waals surface area contributed by atoms with E-state index in [1.165, 1.54) is 19.4 Å². The van der Waals surface area contributed by atoms with Gasteiger partial charge in [0.2, 0.25) is 0 Å². The van der Waals surface area contributed by atoms with E-state index in [4.69, 9.17) is 14.3 Å². The van der Waals surface area contributed by atoms with Gasteiger partial charge in [-0.05, 0) is 13.0 Å². The van der Waals surface area contributed by atoms with E-state index in [0.29, 0.717) is 11.3 Å². The second kappa shape index (κ2) is 5.32. The molecule has 16 heavy (non-hydrogen) atoms. The zero-order chi connectivity index (χ0) is 12.1. The van der Waals surface area contributed by atoms with Crippen LogP contribution in [0.5, 0.6) is 0 Å². The number of furan rings is 1. The highest BCUT2D eigenvalue weighted by Crippen LogP contribution is 2.08. The molecule has 0 spiro atoms. The van der Waals surface area contributed by atoms with Gasteiger partial charge in [-0.3, -0.25) is 4.79 Å². The molecule has 0 fully saturated rings. The molecule has 1 heterocycles. The van der Waals surface area contributed by atoms with Crippen LogP contribution in [0.25, 0.3) is 0 Å². The molecular weight excluding hydrogens is 214 g/mol. The fourth-order valence-electron chi connectivity index (χ4n) is 1.20. The number of aliphatic carboxylic acids is 1. The zero-order valence-electron chi connectivity index (χ0n) is 9.02. The monoisotopic (exact) mass is 227 g/mol. The van der Waals surface area contributed by atoms with Crippen LogP contribution < -0.4 is 5.32 Å². The third-order valence-corrected chi connectivity index (χ3v) is 2.04. The predicted molar refractivity (Wildman–Crippen MR) is 54.2 cm³/mol. The summed E-state index contributed by atoms with van der Waals surface area (Å²) in [7, 11) is 1.37. The standard InChI is InChI=1S/C10H13NO5/c1-6-7(3-4-16-6)9(12)11-8(5-15-2)10(13)14/h3-4,8H,5H2,1-2H3,(H,11,12)(H,13,14). The number of ether oxygens (including phenoxy) is 1. The zero-order valence-corrected chi connectivity index (χ0v) is 9.02. The number of nitrogens with one attached hydrogen (secondary N) is 1. The van der Waals surface area contributed by atoms with Crippen molar-refractivity contribution in [3.8, 4) is 0 Å². The van der Waals surface area contributed by atoms with Crippen LogP contribution in [0.3, 0.4) is 0 Å². The van der Waals surface area contributed by atoms with E-state index in [1.54, 1.807) is 6.92 Å². The van der Waals surface area contributed by atoms with Crippen molar-refractivity contribution in [2.45, 2.75) is 13.0 Å². The molecule has 1 aromatic heterocycles. The highest BCUT2D eigenvalue weighted by molar-refractivity contribution is 5.97. The van der Waals surface area contributed by atoms with Crippen molar-refractivity contribution in [3.63, 3.8) is 0 Å². The number of aryl methyl sites for hydroxylation is 1. The summed E-state index contributed by atoms with van der Waals surface area (Å²) in [5, 5.41) is 11.1. The molecule has 6 heteroatoms. The van der Waals surface area contributed by atoms with Crippen LogP contribution in [-0.2, 0) is 9.53 Å². The Hall–Kier alpha value is -1.82. The molecule has 1 atom stereocenters. The summed E-state index contributed by atoms with van der Waals surface area (Å²) in [5.41, 5.74) is 0.322. The van der Waals surface area contributed by atoms with Crippen molar-refractivity contribution < 1.29 is 23.8 Å². The molecular formula is C10H13NO5. The lowest BCUT2D eigenvalue weighted by Gasteiger charge is -2.12. The first kappa shape index (κ1) is 12.3. The first-order valence-corrected chi connectivity index (χ1v) is 4.63. The van der Waals surface area contributed by atoms with E-state index in [2.05, 4.69) is 5.32 Å². The maximum absolute atomic E-state index is 11.6. The molecule has 1 aromatic rings. The molecule has 0 saturated heterocycles. The van der Waals surface area contributed by atoms with Crippen molar-refractivity contribution in [2.24, 2.45) is 0 Å². The van der Waals surface area contributed by atoms with Gasteiger partial charge >= 0.3 is 5.97 Å². The number of carboxylic acid groups (broad SMARTS) is 1. The first-order valence-electron chi connectivity index (χ1n) is 4.63. The second-order valence-corrected chi connectivity index (χ2v) is 3.21. The van der Waals surface area contributed by atoms with Gasteiger partial charge in [0.25, 0.3) is 5.91 Å². The van der Waals surface area contributed by atoms with Gasteiger partial charge in [-0.1, -0.05) is 0 Å². The summed E-state index contributed by atoms with van der Waals surface area (Å²) in [5.74, 6) is -1.19. The Labute approximate surface area is 92.2 Å². The SMILES string of the molecule is COCC(NC(=O)c1ccoc1C)C(=O)O. The topological polar surface area (TPSA) is 88.8 Å². The predicted octanol–water partition coefficient (Wildman–Crippen LogP) is 0.417. The van der Waals surface area contributed by atoms with E-state index in [0.717, 1.165) is 0 Å². The lowest BCUT2D eigenvalue weighted by atomic mass is 10.2. The second-order valence-electron chi connectivity index (χ2n) is 3.21. The van der Waals surface area contributed by atoms with E-state index >= 15 is 0 Å². The Balaban J connectivity index is 2.69. The van der Waals surface area contributed by atoms with Gasteiger partial charge in [-0.25, -0.2) is 4.79 Å². The van der Waals surface area contributed by atoms with Gasteiger partial charge in [0, 0.05) is 7.11 Å². The molecule has 0 aromatic carbocycles. The molecule has 0 aliphatic heterocycles. The van der Waals surface area contributed by atoms with Crippen LogP contribution in [0.4, 0.5) is 0 Å². The van der Waals surface area contributed by atoms with Crippen molar-refractivity contribution in [1.29, 1.82) is 0 Å². The number of carbonyl (C=O) groups is 2. The molecule has 6 nitrogen and oxygen atoms in total. The van der Waals surface area contributed by atoms with E-state index in [9.17, 15) is 9.59 Å². The Morgan fingerprint density at radius 3 is 2.75 bits per heavy atom. The maximum atomic E-state index is 11.6. The fourth-order valence-corrected chi connectivity index (χ4v) is 1.20. The van der Waals surface area contributed by atoms with E-state index in [-0.39, 0.29) is 6.61 Å². The minimum Gasteiger partial charge on any atom is -0.480 e. The molecule has 0 radical (unpaired) electrons. The van der Waals surface area contributed by atoms with Crippen molar-refractivity contribution >= 4 is 11.9 Å². The molecule has 1 rings (SSSR count). The lowest BCUT2D eigenvalue weighted by molar-refractivity contribution is -0.140. The van der Waals surface area contributed by atoms with Crippen molar-refractivity contribution in [2.75, 3.05) is 13.7 Å². The number of carbonyl (C=O) groups excluding carboxylic acids is 1. The summed E-state index contributed by atoms with van der Waals surface area (Å²) in [6.07, 6.45) is 1.37. The highest BCUT2D eigenvalue weighted by atomic mass is 16.5. The fraction of sp³-hybridized carbons (Fsp3) is 0.400. The summed E-state index contributed by atoms with van der Waals surface area (Å²) < 4.78 is 9.64. The van der Waals surface area contributed by atoms with Crippen LogP contribution in [0.2, 0.25) is 0 Å². The third-order valence-electron chi connectivity index (χ3n) is 2.04. The first-order chi connectivity index (χ1) is 7.56. The van der Waals surface area contributed by atoms with Gasteiger partial charge in [-0.15, -0.1) is 0 Å². The largest absolute Gasteiger partial charge is 0.480 e. The number of methoxy groups -OCH3 is 1. The molecule has 88 valence electrons. The number of amides is 1. The Bertz CT molecular complexity index is 384. The van der Waals surface area contributed by atoms with Crippen LogP contribution in [0, 0.1) is 6.92 Å². The van der Waals surface area contributed by atoms with Crippen molar-refractivity contribution in [1.82, 2.24) is 5.32 Å². The summed E-state index contributed by atoms with van der Waals surface area (Å²) in [6.45, 7) is 1.54. The number of hydrogen-bond donors (Lipinski definition) is 2. The Morgan fingerprint density at radius 2 is 2.31 bits per heavy atom. The van der Waals surface area contributed by atoms with Crippen LogP contribution in [0.1, 0.15) is 16.1 Å². The smallest absolute Gasteiger partial charge is 0.328 e. The molecule has 1 amide bonds. The summed E-state index contributed by atoms with van der Waals surface area (Å²) in [6, 6.07) is 0.419. The average molecular weight is 227 g/mol. The summed E-state index contributed by atoms with van der Waals surface area (Å²) >= 11 is 0. The van der Waals surface area contributed by atoms with Gasteiger partial charge < -0.3 is 19.6 Å². The van der Waals surface area contributed by atoms with E-state index < -0.39 is 17.9 Å². The van der Waals surface area contributed by atoms with Gasteiger partial charge in [0.15, 0.2) is 6.04 Å². The maximum Gasteiger partial charge on any atom is 0.328 e. The number of hydrogen-bond acceptors (Lipinski definition) is 4. The minimum atomic E-state index is -1.14. The van der Waals surface area contributed by atoms with Crippen LogP contribution in [-0.4, -0.2) is 36.7 Å². The Morgan fingerprint density at radius 1 is 1.62 bits per heavy atom. The third kappa shape index (κ3) is 2.83. The molecule has 0 aliphatic carbocycles. The van der Waals surface area contributed by atoms with Crippen LogP contribution >= 0.6 is 0 Å². The normalized spacial score (nSPS) is 12.1. The molecule has 0 bridgehead atoms. The van der Waals surface area contributed by atoms with Gasteiger partial charge in [-0.2, -0.15) is 0 Å². The van der Waals surface area contributed by atoms with Crippen molar-refractivity contribution in [3.05, 3.63) is 23.7 Å². The Kier molecular flexibility index (Phi) is 4.07. The lowest BCUT2D eigenvalue weighted by Crippen LogP contribution is -2.43. The molecule has 0 aliphatic rings. The quantitative estimate of drug-likeness (QED) is 0.760. The molecule has 1 unspecified atom stereocenters. The number of rotatable bonds is 5. The average Bonchev–Trinajstić information content (AvgIpc) is 2.63. The number of carboxylic acids is 1. The van der Waals surface area contributed by atoms with Gasteiger partial charge in [0.05, 0.1) is 18.4 Å². The minimum absolute atomic E-state index is 0.0853. The van der Waals surface area contributed by atoms with Gasteiger partial charge in [0.1, 0.15) is 5.76 Å². The van der Waals surface area contributed by atoms with E-state index in [1.807, 2.05) is 0 Å². The highest BCUT2D eigenvalue weighted by Gasteiger charge is 2.21. The van der Waals surface area contributed by atoms with Crippen LogP contribution in [0.15, 0.2) is 16.7 Å². The molecule has 2 N–H and O–H groups in total. The summed E-state index contributed by atoms with van der Waals surface area (Å²) in [4.78, 5) is 22.4. The molecule has 0 saturated carbocycles.